The molecule has 0 saturated heterocycles. The number of nitrogens with one attached hydrogen (secondary N) is 2. The summed E-state index contributed by atoms with van der Waals surface area (Å²) < 4.78 is 44.9. The monoisotopic (exact) mass is 449 g/mol. The normalized spacial score (nSPS) is 12.4. The maximum Gasteiger partial charge on any atom is 0.418 e. The van der Waals surface area contributed by atoms with Crippen molar-refractivity contribution < 1.29 is 32.4 Å². The van der Waals surface area contributed by atoms with E-state index in [2.05, 4.69) is 4.98 Å². The smallest absolute Gasteiger partial charge is 0.418 e. The number of fused-ring (bicyclic) bond motifs is 1. The predicted octanol–water partition coefficient (Wildman–Crippen LogP) is 4.90. The van der Waals surface area contributed by atoms with Crippen LogP contribution in [0, 0.1) is 24.0 Å². The number of hydrogen-bond donors (Lipinski definition) is 2. The first kappa shape index (κ1) is 22.8. The van der Waals surface area contributed by atoms with Gasteiger partial charge in [-0.05, 0) is 50.6 Å². The zero-order chi connectivity index (χ0) is 23.8. The Balaban J connectivity index is 1.77. The molecule has 0 saturated carbocycles. The molecular formula is C21H18F3N3O5. The lowest BCUT2D eigenvalue weighted by Gasteiger charge is -2.17. The maximum atomic E-state index is 13.3. The molecule has 3 aromatic rings. The van der Waals surface area contributed by atoms with Crippen LogP contribution in [0.3, 0.4) is 0 Å². The Kier molecular flexibility index (Phi) is 5.93. The van der Waals surface area contributed by atoms with Gasteiger partial charge in [-0.3, -0.25) is 14.9 Å². The molecule has 32 heavy (non-hydrogen) atoms. The third-order valence-electron chi connectivity index (χ3n) is 4.97. The second-order valence-corrected chi connectivity index (χ2v) is 7.16. The van der Waals surface area contributed by atoms with Crippen molar-refractivity contribution in [3.8, 4) is 0 Å². The van der Waals surface area contributed by atoms with Gasteiger partial charge in [0.1, 0.15) is 0 Å². The van der Waals surface area contributed by atoms with Crippen LogP contribution >= 0.6 is 0 Å². The molecule has 3 rings (SSSR count). The summed E-state index contributed by atoms with van der Waals surface area (Å²) in [5, 5.41) is 13.6. The standard InChI is InChI=1S/C21H18F3N3O5/c1-10-11(2)25-17-6-4-13(8-15(10)17)20(29)32-12(3)19(28)26-18-7-5-14(27(30)31)9-16(18)21(22,23)24/h4-9,12,25H,1-3H3,(H,26,28). The molecule has 1 atom stereocenters. The van der Waals surface area contributed by atoms with Crippen molar-refractivity contribution in [2.24, 2.45) is 0 Å². The number of aromatic amines is 1. The molecule has 11 heteroatoms. The number of aryl methyl sites for hydroxylation is 2. The van der Waals surface area contributed by atoms with Gasteiger partial charge in [0.25, 0.3) is 11.6 Å². The van der Waals surface area contributed by atoms with Gasteiger partial charge in [0.2, 0.25) is 0 Å². The van der Waals surface area contributed by atoms with Crippen LogP contribution in [0.25, 0.3) is 10.9 Å². The first-order chi connectivity index (χ1) is 14.9. The molecule has 2 N–H and O–H groups in total. The predicted molar refractivity (Wildman–Crippen MR) is 109 cm³/mol. The highest BCUT2D eigenvalue weighted by molar-refractivity contribution is 5.99. The minimum Gasteiger partial charge on any atom is -0.449 e. The zero-order valence-electron chi connectivity index (χ0n) is 17.2. The molecule has 0 aliphatic rings. The maximum absolute atomic E-state index is 13.3. The molecule has 0 radical (unpaired) electrons. The molecule has 0 fully saturated rings. The van der Waals surface area contributed by atoms with E-state index in [0.717, 1.165) is 34.3 Å². The summed E-state index contributed by atoms with van der Waals surface area (Å²) in [7, 11) is 0. The number of benzene rings is 2. The number of amides is 1. The Labute approximate surface area is 179 Å². The molecule has 1 amide bonds. The van der Waals surface area contributed by atoms with Crippen LogP contribution in [-0.4, -0.2) is 27.9 Å². The van der Waals surface area contributed by atoms with E-state index in [9.17, 15) is 32.9 Å². The molecule has 0 aliphatic heterocycles. The molecule has 0 spiro atoms. The molecule has 168 valence electrons. The number of non-ortho nitro benzene ring substituents is 1. The number of hydrogen-bond acceptors (Lipinski definition) is 5. The number of nitrogens with zero attached hydrogens (tertiary/aromatic N) is 1. The molecule has 0 aliphatic carbocycles. The number of rotatable bonds is 5. The SMILES string of the molecule is Cc1[nH]c2ccc(C(=O)OC(C)C(=O)Nc3ccc([N+](=O)[O-])cc3C(F)(F)F)cc2c1C. The quantitative estimate of drug-likeness (QED) is 0.327. The number of carbonyl (C=O) groups is 2. The van der Waals surface area contributed by atoms with Crippen LogP contribution in [0.1, 0.15) is 34.1 Å². The van der Waals surface area contributed by atoms with Crippen molar-refractivity contribution >= 4 is 34.2 Å². The summed E-state index contributed by atoms with van der Waals surface area (Å²) in [4.78, 5) is 37.8. The molecule has 1 heterocycles. The van der Waals surface area contributed by atoms with E-state index < -0.39 is 46.0 Å². The first-order valence-corrected chi connectivity index (χ1v) is 9.35. The fourth-order valence-corrected chi connectivity index (χ4v) is 3.09. The minimum absolute atomic E-state index is 0.172. The fraction of sp³-hybridized carbons (Fsp3) is 0.238. The van der Waals surface area contributed by atoms with Gasteiger partial charge in [0, 0.05) is 28.7 Å². The van der Waals surface area contributed by atoms with Crippen LogP contribution in [0.5, 0.6) is 0 Å². The zero-order valence-corrected chi connectivity index (χ0v) is 17.2. The second-order valence-electron chi connectivity index (χ2n) is 7.16. The van der Waals surface area contributed by atoms with Gasteiger partial charge >= 0.3 is 12.1 Å². The molecule has 8 nitrogen and oxygen atoms in total. The van der Waals surface area contributed by atoms with Crippen molar-refractivity contribution in [1.82, 2.24) is 4.98 Å². The number of alkyl halides is 3. The van der Waals surface area contributed by atoms with E-state index in [-0.39, 0.29) is 5.56 Å². The van der Waals surface area contributed by atoms with Crippen molar-refractivity contribution in [3.63, 3.8) is 0 Å². The number of nitro groups is 1. The summed E-state index contributed by atoms with van der Waals surface area (Å²) in [6.07, 6.45) is -6.38. The third-order valence-corrected chi connectivity index (χ3v) is 4.97. The fourth-order valence-electron chi connectivity index (χ4n) is 3.09. The lowest BCUT2D eigenvalue weighted by atomic mass is 10.1. The Bertz CT molecular complexity index is 1230. The molecule has 0 bridgehead atoms. The number of ether oxygens (including phenoxy) is 1. The van der Waals surface area contributed by atoms with Crippen LogP contribution in [0.4, 0.5) is 24.5 Å². The van der Waals surface area contributed by atoms with Crippen LogP contribution < -0.4 is 5.32 Å². The third kappa shape index (κ3) is 4.56. The Morgan fingerprint density at radius 2 is 1.84 bits per heavy atom. The molecule has 2 aromatic carbocycles. The summed E-state index contributed by atoms with van der Waals surface area (Å²) in [6, 6.07) is 6.71. The average Bonchev–Trinajstić information content (AvgIpc) is 3.00. The lowest BCUT2D eigenvalue weighted by molar-refractivity contribution is -0.385. The number of halogens is 3. The van der Waals surface area contributed by atoms with E-state index in [1.165, 1.54) is 13.0 Å². The van der Waals surface area contributed by atoms with E-state index in [4.69, 9.17) is 4.74 Å². The average molecular weight is 449 g/mol. The Morgan fingerprint density at radius 3 is 2.47 bits per heavy atom. The second kappa shape index (κ2) is 8.33. The van der Waals surface area contributed by atoms with Gasteiger partial charge < -0.3 is 15.0 Å². The Hall–Kier alpha value is -3.89. The highest BCUT2D eigenvalue weighted by Crippen LogP contribution is 2.37. The summed E-state index contributed by atoms with van der Waals surface area (Å²) in [6.45, 7) is 4.96. The molecule has 1 unspecified atom stereocenters. The lowest BCUT2D eigenvalue weighted by Crippen LogP contribution is -2.30. The van der Waals surface area contributed by atoms with Crippen molar-refractivity contribution in [2.75, 3.05) is 5.32 Å². The van der Waals surface area contributed by atoms with Gasteiger partial charge in [0.05, 0.1) is 21.7 Å². The van der Waals surface area contributed by atoms with Crippen LogP contribution in [-0.2, 0) is 15.7 Å². The van der Waals surface area contributed by atoms with E-state index in [0.29, 0.717) is 6.07 Å². The van der Waals surface area contributed by atoms with Gasteiger partial charge in [0.15, 0.2) is 6.10 Å². The van der Waals surface area contributed by atoms with Crippen molar-refractivity contribution in [2.45, 2.75) is 33.1 Å². The highest BCUT2D eigenvalue weighted by Gasteiger charge is 2.36. The molecule has 1 aromatic heterocycles. The minimum atomic E-state index is -4.95. The van der Waals surface area contributed by atoms with Crippen molar-refractivity contribution in [1.29, 1.82) is 0 Å². The molecular weight excluding hydrogens is 431 g/mol. The summed E-state index contributed by atoms with van der Waals surface area (Å²) >= 11 is 0. The highest BCUT2D eigenvalue weighted by atomic mass is 19.4. The van der Waals surface area contributed by atoms with E-state index in [1.807, 2.05) is 19.2 Å². The number of anilines is 1. The van der Waals surface area contributed by atoms with E-state index >= 15 is 0 Å². The number of carbonyl (C=O) groups excluding carboxylic acids is 2. The van der Waals surface area contributed by atoms with Gasteiger partial charge in [-0.1, -0.05) is 0 Å². The Morgan fingerprint density at radius 1 is 1.16 bits per heavy atom. The van der Waals surface area contributed by atoms with Gasteiger partial charge in [-0.15, -0.1) is 0 Å². The number of esters is 1. The topological polar surface area (TPSA) is 114 Å². The number of aromatic nitrogens is 1. The van der Waals surface area contributed by atoms with Gasteiger partial charge in [-0.25, -0.2) is 4.79 Å². The van der Waals surface area contributed by atoms with Crippen LogP contribution in [0.2, 0.25) is 0 Å². The van der Waals surface area contributed by atoms with Crippen LogP contribution in [0.15, 0.2) is 36.4 Å². The largest absolute Gasteiger partial charge is 0.449 e. The summed E-state index contributed by atoms with van der Waals surface area (Å²) in [5.74, 6) is -1.85. The van der Waals surface area contributed by atoms with Crippen molar-refractivity contribution in [3.05, 3.63) is 68.9 Å². The number of H-pyrrole nitrogens is 1. The number of nitro benzene ring substituents is 1. The first-order valence-electron chi connectivity index (χ1n) is 9.35. The summed E-state index contributed by atoms with van der Waals surface area (Å²) in [5.41, 5.74) is 0.0181. The van der Waals surface area contributed by atoms with Gasteiger partial charge in [-0.2, -0.15) is 13.2 Å². The van der Waals surface area contributed by atoms with E-state index in [1.54, 1.807) is 12.1 Å².